The van der Waals surface area contributed by atoms with Crippen molar-refractivity contribution in [1.82, 2.24) is 5.32 Å². The van der Waals surface area contributed by atoms with E-state index in [9.17, 15) is 0 Å². The molecule has 0 radical (unpaired) electrons. The summed E-state index contributed by atoms with van der Waals surface area (Å²) in [5.41, 5.74) is 0. The van der Waals surface area contributed by atoms with Gasteiger partial charge in [-0.3, -0.25) is 0 Å². The summed E-state index contributed by atoms with van der Waals surface area (Å²) in [7, 11) is 0. The highest BCUT2D eigenvalue weighted by atomic mass is 32.1. The maximum Gasteiger partial charge on any atom is 0.231 e. The minimum absolute atomic E-state index is 0.293. The highest BCUT2D eigenvalue weighted by Gasteiger charge is 2.20. The number of hydrogen-bond donors (Lipinski definition) is 1. The van der Waals surface area contributed by atoms with Gasteiger partial charge in [-0.1, -0.05) is 0 Å². The minimum atomic E-state index is 0.293. The van der Waals surface area contributed by atoms with Crippen molar-refractivity contribution in [2.24, 2.45) is 0 Å². The Kier molecular flexibility index (Phi) is 3.45. The van der Waals surface area contributed by atoms with Crippen LogP contribution in [-0.2, 0) is 13.2 Å². The molecule has 110 valence electrons. The zero-order chi connectivity index (χ0) is 14.1. The lowest BCUT2D eigenvalue weighted by molar-refractivity contribution is 0.173. The first-order valence-corrected chi connectivity index (χ1v) is 8.02. The van der Waals surface area contributed by atoms with Gasteiger partial charge in [0, 0.05) is 28.4 Å². The number of fused-ring (bicyclic) bond motifs is 1. The molecule has 0 spiro atoms. The topological polar surface area (TPSA) is 39.7 Å². The van der Waals surface area contributed by atoms with Crippen LogP contribution in [0.15, 0.2) is 30.3 Å². The molecule has 21 heavy (non-hydrogen) atoms. The summed E-state index contributed by atoms with van der Waals surface area (Å²) in [5, 5.41) is 3.53. The van der Waals surface area contributed by atoms with Crippen molar-refractivity contribution < 1.29 is 14.2 Å². The van der Waals surface area contributed by atoms with E-state index in [2.05, 4.69) is 17.4 Å². The minimum Gasteiger partial charge on any atom is -0.488 e. The quantitative estimate of drug-likeness (QED) is 0.889. The van der Waals surface area contributed by atoms with E-state index in [-0.39, 0.29) is 0 Å². The van der Waals surface area contributed by atoms with E-state index in [1.807, 2.05) is 18.2 Å². The number of thiophene rings is 1. The van der Waals surface area contributed by atoms with Crippen LogP contribution >= 0.6 is 11.3 Å². The van der Waals surface area contributed by atoms with Crippen molar-refractivity contribution in [2.75, 3.05) is 6.79 Å². The van der Waals surface area contributed by atoms with Gasteiger partial charge in [-0.2, -0.15) is 0 Å². The Hall–Kier alpha value is -1.72. The molecule has 0 bridgehead atoms. The van der Waals surface area contributed by atoms with Gasteiger partial charge in [0.1, 0.15) is 12.4 Å². The molecule has 0 atom stereocenters. The molecule has 0 saturated heterocycles. The van der Waals surface area contributed by atoms with Crippen LogP contribution in [0.3, 0.4) is 0 Å². The van der Waals surface area contributed by atoms with Gasteiger partial charge < -0.3 is 19.5 Å². The lowest BCUT2D eigenvalue weighted by atomic mass is 10.3. The monoisotopic (exact) mass is 303 g/mol. The summed E-state index contributed by atoms with van der Waals surface area (Å²) in [6, 6.07) is 10.7. The number of rotatable bonds is 6. The van der Waals surface area contributed by atoms with Crippen LogP contribution in [0, 0.1) is 0 Å². The summed E-state index contributed by atoms with van der Waals surface area (Å²) in [6.07, 6.45) is 2.65. The highest BCUT2D eigenvalue weighted by molar-refractivity contribution is 7.11. The molecule has 1 aromatic heterocycles. The Morgan fingerprint density at radius 1 is 1.10 bits per heavy atom. The van der Waals surface area contributed by atoms with Gasteiger partial charge in [0.15, 0.2) is 11.5 Å². The Balaban J connectivity index is 1.33. The van der Waals surface area contributed by atoms with E-state index in [0.29, 0.717) is 13.4 Å². The molecular weight excluding hydrogens is 286 g/mol. The Labute approximate surface area is 127 Å². The molecule has 1 aliphatic carbocycles. The third kappa shape index (κ3) is 3.14. The van der Waals surface area contributed by atoms with E-state index < -0.39 is 0 Å². The van der Waals surface area contributed by atoms with Crippen LogP contribution in [-0.4, -0.2) is 12.8 Å². The van der Waals surface area contributed by atoms with Crippen LogP contribution in [0.25, 0.3) is 0 Å². The number of nitrogens with one attached hydrogen (secondary N) is 1. The third-order valence-corrected chi connectivity index (χ3v) is 4.64. The molecule has 1 fully saturated rings. The molecule has 2 heterocycles. The molecule has 2 aromatic rings. The van der Waals surface area contributed by atoms with E-state index in [1.165, 1.54) is 22.6 Å². The second-order valence-corrected chi connectivity index (χ2v) is 6.58. The summed E-state index contributed by atoms with van der Waals surface area (Å²) in [5.74, 6) is 2.35. The van der Waals surface area contributed by atoms with E-state index >= 15 is 0 Å². The van der Waals surface area contributed by atoms with Crippen LogP contribution in [0.2, 0.25) is 0 Å². The largest absolute Gasteiger partial charge is 0.488 e. The number of hydrogen-bond acceptors (Lipinski definition) is 5. The number of benzene rings is 1. The summed E-state index contributed by atoms with van der Waals surface area (Å²) in [4.78, 5) is 2.60. The zero-order valence-electron chi connectivity index (χ0n) is 11.6. The van der Waals surface area contributed by atoms with Crippen LogP contribution in [0.5, 0.6) is 17.2 Å². The van der Waals surface area contributed by atoms with Crippen molar-refractivity contribution in [3.05, 3.63) is 40.1 Å². The van der Waals surface area contributed by atoms with Crippen LogP contribution < -0.4 is 19.5 Å². The summed E-state index contributed by atoms with van der Waals surface area (Å²) >= 11 is 1.80. The first-order valence-electron chi connectivity index (χ1n) is 7.20. The molecule has 4 nitrogen and oxygen atoms in total. The van der Waals surface area contributed by atoms with Crippen molar-refractivity contribution >= 4 is 11.3 Å². The molecule has 5 heteroatoms. The van der Waals surface area contributed by atoms with E-state index in [0.717, 1.165) is 29.8 Å². The Morgan fingerprint density at radius 2 is 1.95 bits per heavy atom. The fourth-order valence-corrected chi connectivity index (χ4v) is 3.13. The van der Waals surface area contributed by atoms with Crippen molar-refractivity contribution in [3.63, 3.8) is 0 Å². The van der Waals surface area contributed by atoms with Gasteiger partial charge in [-0.25, -0.2) is 0 Å². The smallest absolute Gasteiger partial charge is 0.231 e. The molecule has 1 saturated carbocycles. The second kappa shape index (κ2) is 5.58. The van der Waals surface area contributed by atoms with Crippen LogP contribution in [0.1, 0.15) is 22.6 Å². The van der Waals surface area contributed by atoms with Crippen molar-refractivity contribution in [2.45, 2.75) is 32.0 Å². The molecule has 0 amide bonds. The van der Waals surface area contributed by atoms with Crippen molar-refractivity contribution in [3.8, 4) is 17.2 Å². The van der Waals surface area contributed by atoms with Gasteiger partial charge in [-0.05, 0) is 37.1 Å². The molecular formula is C16H17NO3S. The highest BCUT2D eigenvalue weighted by Crippen LogP contribution is 2.35. The zero-order valence-corrected chi connectivity index (χ0v) is 12.4. The molecule has 4 rings (SSSR count). The van der Waals surface area contributed by atoms with Gasteiger partial charge >= 0.3 is 0 Å². The lowest BCUT2D eigenvalue weighted by Crippen LogP contribution is -2.14. The second-order valence-electron chi connectivity index (χ2n) is 5.33. The fraction of sp³-hybridized carbons (Fsp3) is 0.375. The molecule has 0 unspecified atom stereocenters. The van der Waals surface area contributed by atoms with Gasteiger partial charge in [0.2, 0.25) is 6.79 Å². The van der Waals surface area contributed by atoms with Crippen molar-refractivity contribution in [1.29, 1.82) is 0 Å². The molecule has 1 aromatic carbocycles. The van der Waals surface area contributed by atoms with Gasteiger partial charge in [0.25, 0.3) is 0 Å². The predicted octanol–water partition coefficient (Wildman–Crippen LogP) is 3.31. The van der Waals surface area contributed by atoms with Gasteiger partial charge in [0.05, 0.1) is 0 Å². The molecule has 1 N–H and O–H groups in total. The summed E-state index contributed by atoms with van der Waals surface area (Å²) in [6.45, 7) is 1.86. The van der Waals surface area contributed by atoms with E-state index in [4.69, 9.17) is 14.2 Å². The van der Waals surface area contributed by atoms with Gasteiger partial charge in [-0.15, -0.1) is 11.3 Å². The maximum atomic E-state index is 5.82. The van der Waals surface area contributed by atoms with E-state index in [1.54, 1.807) is 11.3 Å². The predicted molar refractivity (Wildman–Crippen MR) is 81.1 cm³/mol. The third-order valence-electron chi connectivity index (χ3n) is 3.58. The normalized spacial score (nSPS) is 16.2. The summed E-state index contributed by atoms with van der Waals surface area (Å²) < 4.78 is 16.5. The molecule has 2 aliphatic rings. The average molecular weight is 303 g/mol. The van der Waals surface area contributed by atoms with Crippen LogP contribution in [0.4, 0.5) is 0 Å². The SMILES string of the molecule is c1cc2c(cc1OCc1ccc(CNC3CC3)s1)OCO2. The maximum absolute atomic E-state index is 5.82. The Bertz CT molecular complexity index is 636. The fourth-order valence-electron chi connectivity index (χ4n) is 2.25. The first kappa shape index (κ1) is 13.0. The standard InChI is InChI=1S/C16H17NO3S/c1-2-11(1)17-8-13-4-5-14(21-13)9-18-12-3-6-15-16(7-12)20-10-19-15/h3-7,11,17H,1-2,8-10H2. The Morgan fingerprint density at radius 3 is 2.86 bits per heavy atom. The lowest BCUT2D eigenvalue weighted by Gasteiger charge is -2.05. The number of ether oxygens (including phenoxy) is 3. The molecule has 1 aliphatic heterocycles. The first-order chi connectivity index (χ1) is 10.4. The average Bonchev–Trinajstić information content (AvgIpc) is 3.04.